The Morgan fingerprint density at radius 1 is 0.565 bits per heavy atom. The minimum absolute atomic E-state index is 0. The zero-order chi connectivity index (χ0) is 15.3. The summed E-state index contributed by atoms with van der Waals surface area (Å²) in [5, 5.41) is 0. The van der Waals surface area contributed by atoms with Crippen LogP contribution in [0.4, 0.5) is 0 Å². The van der Waals surface area contributed by atoms with Crippen LogP contribution in [0.25, 0.3) is 11.1 Å². The van der Waals surface area contributed by atoms with Crippen molar-refractivity contribution >= 4 is 0 Å². The van der Waals surface area contributed by atoms with Crippen LogP contribution in [0.3, 0.4) is 0 Å². The largest absolute Gasteiger partial charge is 2.00 e. The molecular weight excluding hydrogens is 355 g/mol. The van der Waals surface area contributed by atoms with Crippen molar-refractivity contribution in [2.75, 3.05) is 0 Å². The summed E-state index contributed by atoms with van der Waals surface area (Å²) in [6, 6.07) is 20.8. The molecule has 2 aromatic rings. The first kappa shape index (κ1) is 19.3. The van der Waals surface area contributed by atoms with Gasteiger partial charge in [-0.1, -0.05) is 60.7 Å². The van der Waals surface area contributed by atoms with Crippen LogP contribution in [0.5, 0.6) is 0 Å². The maximum Gasteiger partial charge on any atom is 2.00 e. The van der Waals surface area contributed by atoms with E-state index in [-0.39, 0.29) is 26.2 Å². The maximum atomic E-state index is 2.99. The molecule has 0 nitrogen and oxygen atoms in total. The van der Waals surface area contributed by atoms with E-state index in [1.54, 1.807) is 0 Å². The number of benzene rings is 2. The fourth-order valence-electron chi connectivity index (χ4n) is 1.94. The van der Waals surface area contributed by atoms with Crippen molar-refractivity contribution in [3.8, 4) is 11.1 Å². The van der Waals surface area contributed by atoms with Gasteiger partial charge < -0.3 is 0 Å². The third kappa shape index (κ3) is 8.48. The third-order valence-corrected chi connectivity index (χ3v) is 3.05. The molecule has 0 atom stereocenters. The van der Waals surface area contributed by atoms with Gasteiger partial charge in [0.1, 0.15) is 0 Å². The Hall–Kier alpha value is -1.72. The second kappa shape index (κ2) is 12.8. The van der Waals surface area contributed by atoms with Crippen LogP contribution in [0.15, 0.2) is 97.1 Å². The molecule has 4 rings (SSSR count). The van der Waals surface area contributed by atoms with Crippen molar-refractivity contribution in [2.45, 2.75) is 12.8 Å². The van der Waals surface area contributed by atoms with E-state index in [4.69, 9.17) is 0 Å². The Morgan fingerprint density at radius 2 is 0.957 bits per heavy atom. The summed E-state index contributed by atoms with van der Waals surface area (Å²) in [7, 11) is 0. The molecule has 2 aliphatic carbocycles. The zero-order valence-electron chi connectivity index (χ0n) is 13.2. The predicted molar refractivity (Wildman–Crippen MR) is 95.0 cm³/mol. The van der Waals surface area contributed by atoms with Crippen LogP contribution in [0.2, 0.25) is 0 Å². The van der Waals surface area contributed by atoms with Gasteiger partial charge >= 0.3 is 26.2 Å². The normalized spacial score (nSPS) is 12.7. The summed E-state index contributed by atoms with van der Waals surface area (Å²) < 4.78 is 0. The first-order valence-electron chi connectivity index (χ1n) is 7.51. The molecule has 2 aliphatic rings. The second-order valence-corrected chi connectivity index (χ2v) is 4.74. The molecule has 0 aromatic heterocycles. The molecule has 0 N–H and O–H groups in total. The molecule has 0 bridgehead atoms. The van der Waals surface area contributed by atoms with E-state index >= 15 is 0 Å². The smallest absolute Gasteiger partial charge is 0.273 e. The Balaban J connectivity index is 0.000000200. The van der Waals surface area contributed by atoms with Gasteiger partial charge in [0, 0.05) is 0 Å². The van der Waals surface area contributed by atoms with Crippen molar-refractivity contribution in [1.29, 1.82) is 0 Å². The van der Waals surface area contributed by atoms with Gasteiger partial charge in [-0.05, 0) is 11.1 Å². The van der Waals surface area contributed by atoms with Gasteiger partial charge in [0.2, 0.25) is 0 Å². The molecule has 0 saturated heterocycles. The number of hydrogen-bond acceptors (Lipinski definition) is 0. The van der Waals surface area contributed by atoms with E-state index in [0.717, 1.165) is 12.8 Å². The van der Waals surface area contributed by atoms with E-state index in [1.807, 2.05) is 36.4 Å². The van der Waals surface area contributed by atoms with Crippen molar-refractivity contribution in [3.63, 3.8) is 0 Å². The number of allylic oxidation sites excluding steroid dienone is 8. The number of rotatable bonds is 1. The van der Waals surface area contributed by atoms with Gasteiger partial charge in [0.15, 0.2) is 0 Å². The van der Waals surface area contributed by atoms with Crippen LogP contribution < -0.4 is 0 Å². The van der Waals surface area contributed by atoms with Gasteiger partial charge in [-0.2, -0.15) is 12.2 Å². The molecule has 1 heteroatoms. The zero-order valence-corrected chi connectivity index (χ0v) is 15.6. The summed E-state index contributed by atoms with van der Waals surface area (Å²) in [4.78, 5) is 0. The average molecular weight is 376 g/mol. The summed E-state index contributed by atoms with van der Waals surface area (Å²) in [6.45, 7) is 0. The minimum Gasteiger partial charge on any atom is -0.273 e. The molecule has 0 spiro atoms. The van der Waals surface area contributed by atoms with Crippen molar-refractivity contribution in [3.05, 3.63) is 109 Å². The molecule has 0 radical (unpaired) electrons. The quantitative estimate of drug-likeness (QED) is 0.539. The summed E-state index contributed by atoms with van der Waals surface area (Å²) in [5.41, 5.74) is 2.55. The maximum absolute atomic E-state index is 2.99. The van der Waals surface area contributed by atoms with Crippen LogP contribution in [0.1, 0.15) is 12.8 Å². The van der Waals surface area contributed by atoms with Crippen molar-refractivity contribution in [2.24, 2.45) is 0 Å². The molecule has 0 heterocycles. The second-order valence-electron chi connectivity index (χ2n) is 4.74. The molecule has 23 heavy (non-hydrogen) atoms. The van der Waals surface area contributed by atoms with Crippen LogP contribution in [0, 0.1) is 12.2 Å². The van der Waals surface area contributed by atoms with Gasteiger partial charge in [0.05, 0.1) is 0 Å². The Labute approximate surface area is 159 Å². The third-order valence-electron chi connectivity index (χ3n) is 3.05. The Morgan fingerprint density at radius 3 is 1.17 bits per heavy atom. The van der Waals surface area contributed by atoms with E-state index in [0.29, 0.717) is 0 Å². The monoisotopic (exact) mass is 374 g/mol. The fourth-order valence-corrected chi connectivity index (χ4v) is 1.94. The van der Waals surface area contributed by atoms with Crippen molar-refractivity contribution in [1.82, 2.24) is 0 Å². The summed E-state index contributed by atoms with van der Waals surface area (Å²) in [6.07, 6.45) is 20.0. The molecule has 0 amide bonds. The minimum atomic E-state index is 0. The molecule has 112 valence electrons. The summed E-state index contributed by atoms with van der Waals surface area (Å²) >= 11 is 0. The van der Waals surface area contributed by atoms with Crippen LogP contribution >= 0.6 is 0 Å². The van der Waals surface area contributed by atoms with Crippen LogP contribution in [-0.4, -0.2) is 0 Å². The van der Waals surface area contributed by atoms with E-state index in [2.05, 4.69) is 72.8 Å². The first-order valence-corrected chi connectivity index (χ1v) is 7.51. The number of hydrogen-bond donors (Lipinski definition) is 0. The van der Waals surface area contributed by atoms with Gasteiger partial charge in [-0.3, -0.25) is 12.2 Å². The molecule has 0 saturated carbocycles. The molecule has 2 aromatic carbocycles. The Bertz CT molecular complexity index is 555. The molecule has 0 fully saturated rings. The van der Waals surface area contributed by atoms with Crippen LogP contribution in [-0.2, 0) is 26.2 Å². The van der Waals surface area contributed by atoms with Gasteiger partial charge in [-0.25, -0.2) is 24.3 Å². The van der Waals surface area contributed by atoms with Gasteiger partial charge in [-0.15, -0.1) is 12.8 Å². The van der Waals surface area contributed by atoms with Crippen molar-refractivity contribution < 1.29 is 26.2 Å². The summed E-state index contributed by atoms with van der Waals surface area (Å²) in [5.74, 6) is 0. The van der Waals surface area contributed by atoms with E-state index < -0.39 is 0 Å². The van der Waals surface area contributed by atoms with E-state index in [1.165, 1.54) is 11.1 Å². The SMILES string of the molecule is [C-]1=CC=CC1.[C-]1=CC=CC1.[Zr+2].c1ccc(-c2ccccc2)cc1. The average Bonchev–Trinajstić information content (AvgIpc) is 3.34. The molecular formula is C22H20Zr. The molecule has 0 unspecified atom stereocenters. The standard InChI is InChI=1S/C12H10.2C5H5.Zr/c1-3-7-11(8-4-1)12-9-5-2-6-10-12;2*1-2-4-5-3-1;/h1-10H;2*1-3H,4H2;/q;2*-1;+2. The molecule has 0 aliphatic heterocycles. The predicted octanol–water partition coefficient (Wildman–Crippen LogP) is 5.96. The topological polar surface area (TPSA) is 0 Å². The first-order chi connectivity index (χ1) is 11.0. The Kier molecular flexibility index (Phi) is 10.7. The van der Waals surface area contributed by atoms with E-state index in [9.17, 15) is 0 Å². The van der Waals surface area contributed by atoms with Gasteiger partial charge in [0.25, 0.3) is 0 Å². The fraction of sp³-hybridized carbons (Fsp3) is 0.0909.